The number of nitrogens with zero attached hydrogens (tertiary/aromatic N) is 2. The second kappa shape index (κ2) is 4.35. The van der Waals surface area contributed by atoms with E-state index in [1.807, 2.05) is 0 Å². The molecule has 1 heterocycles. The maximum Gasteiger partial charge on any atom is 0.593 e. The summed E-state index contributed by atoms with van der Waals surface area (Å²) in [5, 5.41) is 12.2. The molecular formula is C6H4F3N3O3S. The number of oxime groups is 1. The van der Waals surface area contributed by atoms with Crippen molar-refractivity contribution in [2.24, 2.45) is 5.16 Å². The number of carboxylic acids is 1. The molecule has 1 aromatic heterocycles. The van der Waals surface area contributed by atoms with Crippen LogP contribution in [0.4, 0.5) is 18.3 Å². The van der Waals surface area contributed by atoms with Gasteiger partial charge in [-0.3, -0.25) is 4.84 Å². The quantitative estimate of drug-likeness (QED) is 0.621. The third-order valence-electron chi connectivity index (χ3n) is 1.21. The van der Waals surface area contributed by atoms with Gasteiger partial charge in [-0.2, -0.15) is 0 Å². The van der Waals surface area contributed by atoms with Gasteiger partial charge in [0.15, 0.2) is 5.13 Å². The van der Waals surface area contributed by atoms with E-state index >= 15 is 0 Å². The van der Waals surface area contributed by atoms with Crippen molar-refractivity contribution in [3.05, 3.63) is 11.1 Å². The number of hydrogen-bond donors (Lipinski definition) is 2. The lowest BCUT2D eigenvalue weighted by Crippen LogP contribution is -2.18. The van der Waals surface area contributed by atoms with Gasteiger partial charge < -0.3 is 10.8 Å². The molecule has 3 N–H and O–H groups in total. The first-order valence-corrected chi connectivity index (χ1v) is 4.45. The molecule has 10 heteroatoms. The highest BCUT2D eigenvalue weighted by Gasteiger charge is 2.32. The second-order valence-electron chi connectivity index (χ2n) is 2.35. The monoisotopic (exact) mass is 255 g/mol. The Morgan fingerprint density at radius 1 is 1.62 bits per heavy atom. The molecule has 0 spiro atoms. The molecular weight excluding hydrogens is 251 g/mol. The summed E-state index contributed by atoms with van der Waals surface area (Å²) in [5.41, 5.74) is 3.94. The molecule has 1 rings (SSSR count). The van der Waals surface area contributed by atoms with E-state index in [-0.39, 0.29) is 10.8 Å². The average molecular weight is 255 g/mol. The van der Waals surface area contributed by atoms with E-state index in [1.165, 1.54) is 0 Å². The lowest BCUT2D eigenvalue weighted by atomic mass is 10.3. The number of hydrogen-bond acceptors (Lipinski definition) is 6. The first-order chi connectivity index (χ1) is 7.29. The Bertz CT molecular complexity index is 428. The summed E-state index contributed by atoms with van der Waals surface area (Å²) in [4.78, 5) is 17.1. The number of thiazole rings is 1. The molecule has 0 bridgehead atoms. The first-order valence-electron chi connectivity index (χ1n) is 3.57. The summed E-state index contributed by atoms with van der Waals surface area (Å²) < 4.78 is 34.9. The zero-order chi connectivity index (χ0) is 12.3. The molecule has 0 saturated heterocycles. The van der Waals surface area contributed by atoms with E-state index < -0.39 is 18.0 Å². The smallest absolute Gasteiger partial charge is 0.476 e. The summed E-state index contributed by atoms with van der Waals surface area (Å²) >= 11 is 0.869. The molecule has 0 saturated carbocycles. The van der Waals surface area contributed by atoms with E-state index in [4.69, 9.17) is 10.8 Å². The number of aromatic nitrogens is 1. The summed E-state index contributed by atoms with van der Waals surface area (Å²) in [6, 6.07) is 0. The molecule has 0 aromatic carbocycles. The van der Waals surface area contributed by atoms with Gasteiger partial charge in [0.1, 0.15) is 5.69 Å². The van der Waals surface area contributed by atoms with E-state index in [9.17, 15) is 18.0 Å². The molecule has 0 unspecified atom stereocenters. The number of nitrogen functional groups attached to an aromatic ring is 1. The van der Waals surface area contributed by atoms with Crippen LogP contribution < -0.4 is 5.73 Å². The predicted molar refractivity (Wildman–Crippen MR) is 47.8 cm³/mol. The highest BCUT2D eigenvalue weighted by Crippen LogP contribution is 2.18. The van der Waals surface area contributed by atoms with Crippen molar-refractivity contribution in [1.29, 1.82) is 0 Å². The maximum absolute atomic E-state index is 11.6. The van der Waals surface area contributed by atoms with Crippen molar-refractivity contribution in [2.75, 3.05) is 5.73 Å². The zero-order valence-corrected chi connectivity index (χ0v) is 8.17. The number of carboxylic acid groups (broad SMARTS) is 1. The Morgan fingerprint density at radius 2 is 2.25 bits per heavy atom. The summed E-state index contributed by atoms with van der Waals surface area (Å²) in [7, 11) is 0. The molecule has 0 aliphatic heterocycles. The van der Waals surface area contributed by atoms with Crippen LogP contribution >= 0.6 is 11.3 Å². The Hall–Kier alpha value is -1.84. The fourth-order valence-corrected chi connectivity index (χ4v) is 1.24. The summed E-state index contributed by atoms with van der Waals surface area (Å²) in [6.07, 6.45) is -5.05. The topological polar surface area (TPSA) is 97.8 Å². The van der Waals surface area contributed by atoms with Gasteiger partial charge >= 0.3 is 12.3 Å². The van der Waals surface area contributed by atoms with E-state index in [1.54, 1.807) is 0 Å². The fourth-order valence-electron chi connectivity index (χ4n) is 0.689. The SMILES string of the molecule is Nc1nc(/C(=N\OC(F)(F)F)C(=O)O)cs1. The van der Waals surface area contributed by atoms with Crippen LogP contribution in [-0.2, 0) is 9.63 Å². The lowest BCUT2D eigenvalue weighted by Gasteiger charge is -2.02. The molecule has 0 atom stereocenters. The molecule has 16 heavy (non-hydrogen) atoms. The number of nitrogens with two attached hydrogens (primary N) is 1. The predicted octanol–water partition coefficient (Wildman–Crippen LogP) is 1.05. The van der Waals surface area contributed by atoms with Gasteiger partial charge in [0.2, 0.25) is 5.71 Å². The van der Waals surface area contributed by atoms with Crippen molar-refractivity contribution in [2.45, 2.75) is 6.36 Å². The van der Waals surface area contributed by atoms with E-state index in [0.717, 1.165) is 16.7 Å². The Morgan fingerprint density at radius 3 is 2.62 bits per heavy atom. The first kappa shape index (κ1) is 12.2. The highest BCUT2D eigenvalue weighted by atomic mass is 32.1. The molecule has 1 aromatic rings. The van der Waals surface area contributed by atoms with Gasteiger partial charge in [0.05, 0.1) is 0 Å². The van der Waals surface area contributed by atoms with Crippen molar-refractivity contribution in [1.82, 2.24) is 4.98 Å². The molecule has 0 aliphatic carbocycles. The number of alkyl halides is 3. The van der Waals surface area contributed by atoms with Crippen LogP contribution in [0.15, 0.2) is 10.5 Å². The van der Waals surface area contributed by atoms with Crippen molar-refractivity contribution in [3.63, 3.8) is 0 Å². The van der Waals surface area contributed by atoms with Crippen LogP contribution in [0.1, 0.15) is 5.69 Å². The minimum atomic E-state index is -5.05. The van der Waals surface area contributed by atoms with Crippen molar-refractivity contribution < 1.29 is 27.9 Å². The molecule has 0 aliphatic rings. The molecule has 0 amide bonds. The minimum absolute atomic E-state index is 0.0101. The number of carbonyl (C=O) groups is 1. The van der Waals surface area contributed by atoms with Gasteiger partial charge in [-0.15, -0.1) is 24.5 Å². The van der Waals surface area contributed by atoms with Crippen molar-refractivity contribution >= 4 is 28.1 Å². The lowest BCUT2D eigenvalue weighted by molar-refractivity contribution is -0.325. The van der Waals surface area contributed by atoms with Crippen LogP contribution in [0.2, 0.25) is 0 Å². The van der Waals surface area contributed by atoms with E-state index in [2.05, 4.69) is 15.0 Å². The van der Waals surface area contributed by atoms with Gasteiger partial charge in [-0.25, -0.2) is 9.78 Å². The van der Waals surface area contributed by atoms with Crippen LogP contribution in [0.5, 0.6) is 0 Å². The third kappa shape index (κ3) is 3.38. The zero-order valence-electron chi connectivity index (χ0n) is 7.35. The Kier molecular flexibility index (Phi) is 3.32. The molecule has 0 radical (unpaired) electrons. The van der Waals surface area contributed by atoms with Gasteiger partial charge in [0, 0.05) is 5.38 Å². The molecule has 0 fully saturated rings. The maximum atomic E-state index is 11.6. The summed E-state index contributed by atoms with van der Waals surface area (Å²) in [6.45, 7) is 0. The number of aliphatic carboxylic acids is 1. The van der Waals surface area contributed by atoms with Crippen LogP contribution in [0.3, 0.4) is 0 Å². The minimum Gasteiger partial charge on any atom is -0.476 e. The fraction of sp³-hybridized carbons (Fsp3) is 0.167. The van der Waals surface area contributed by atoms with Crippen LogP contribution in [0, 0.1) is 0 Å². The van der Waals surface area contributed by atoms with Crippen LogP contribution in [0.25, 0.3) is 0 Å². The van der Waals surface area contributed by atoms with Gasteiger partial charge in [-0.05, 0) is 0 Å². The standard InChI is InChI=1S/C6H4F3N3O3S/c7-6(8,9)15-12-3(4(13)14)2-1-16-5(10)11-2/h1H,(H2,10,11)(H,13,14)/b12-3+. The average Bonchev–Trinajstić information content (AvgIpc) is 2.49. The Balaban J connectivity index is 2.96. The number of anilines is 1. The molecule has 88 valence electrons. The molecule has 6 nitrogen and oxygen atoms in total. The number of halogens is 3. The van der Waals surface area contributed by atoms with Crippen molar-refractivity contribution in [3.8, 4) is 0 Å². The largest absolute Gasteiger partial charge is 0.593 e. The number of rotatable bonds is 3. The second-order valence-corrected chi connectivity index (χ2v) is 3.24. The Labute approximate surface area is 90.1 Å². The highest BCUT2D eigenvalue weighted by molar-refractivity contribution is 7.13. The van der Waals surface area contributed by atoms with Crippen LogP contribution in [-0.4, -0.2) is 28.1 Å². The summed E-state index contributed by atoms with van der Waals surface area (Å²) in [5.74, 6) is -1.70. The van der Waals surface area contributed by atoms with E-state index in [0.29, 0.717) is 0 Å². The normalized spacial score (nSPS) is 12.6. The van der Waals surface area contributed by atoms with Gasteiger partial charge in [-0.1, -0.05) is 5.16 Å². The van der Waals surface area contributed by atoms with Gasteiger partial charge in [0.25, 0.3) is 0 Å². The third-order valence-corrected chi connectivity index (χ3v) is 1.88.